The molecule has 6 nitrogen and oxygen atoms in total. The second-order valence-corrected chi connectivity index (χ2v) is 6.64. The first-order valence-electron chi connectivity index (χ1n) is 9.66. The number of amides is 1. The lowest BCUT2D eigenvalue weighted by Gasteiger charge is -2.20. The second kappa shape index (κ2) is 10.7. The minimum Gasteiger partial charge on any atom is -0.460 e. The zero-order valence-corrected chi connectivity index (χ0v) is 17.7. The van der Waals surface area contributed by atoms with Crippen LogP contribution in [0, 0.1) is 0 Å². The van der Waals surface area contributed by atoms with E-state index in [9.17, 15) is 9.59 Å². The van der Waals surface area contributed by atoms with Crippen molar-refractivity contribution in [3.63, 3.8) is 0 Å². The van der Waals surface area contributed by atoms with E-state index in [-0.39, 0.29) is 24.3 Å². The van der Waals surface area contributed by atoms with Crippen LogP contribution in [0.4, 0.5) is 0 Å². The van der Waals surface area contributed by atoms with Gasteiger partial charge in [0.05, 0.1) is 12.5 Å². The van der Waals surface area contributed by atoms with Crippen LogP contribution in [0.3, 0.4) is 0 Å². The lowest BCUT2D eigenvalue weighted by Crippen LogP contribution is -2.36. The number of rotatable bonds is 7. The number of amidine groups is 1. The van der Waals surface area contributed by atoms with Gasteiger partial charge in [0.1, 0.15) is 0 Å². The number of likely N-dealkylation sites (N-methyl/N-ethyl adjacent to an activating group) is 1. The third-order valence-corrected chi connectivity index (χ3v) is 4.56. The summed E-state index contributed by atoms with van der Waals surface area (Å²) in [5, 5.41) is 4.00. The van der Waals surface area contributed by atoms with Gasteiger partial charge in [0.15, 0.2) is 0 Å². The minimum absolute atomic E-state index is 0.0603. The van der Waals surface area contributed by atoms with Gasteiger partial charge in [-0.05, 0) is 55.4 Å². The number of hydrogen-bond donors (Lipinski definition) is 1. The molecular weight excluding hydrogens is 342 g/mol. The number of hydrogen-bond acceptors (Lipinski definition) is 4. The molecule has 150 valence electrons. The Morgan fingerprint density at radius 2 is 1.63 bits per heavy atom. The first-order valence-corrected chi connectivity index (χ1v) is 9.66. The molecule has 0 heterocycles. The van der Waals surface area contributed by atoms with Gasteiger partial charge in [-0.3, -0.25) is 4.79 Å². The fourth-order valence-corrected chi connectivity index (χ4v) is 3.06. The SMILES string of the molecule is CCOC(=O)/C(=N\NC(=O)C(C)c1c(CC)cc(CC)cc1CC)N(C)C. The van der Waals surface area contributed by atoms with E-state index >= 15 is 0 Å². The van der Waals surface area contributed by atoms with Gasteiger partial charge >= 0.3 is 5.97 Å². The predicted octanol–water partition coefficient (Wildman–Crippen LogP) is 3.03. The molecule has 0 bridgehead atoms. The van der Waals surface area contributed by atoms with Gasteiger partial charge < -0.3 is 9.64 Å². The normalized spacial score (nSPS) is 12.5. The first kappa shape index (κ1) is 22.7. The van der Waals surface area contributed by atoms with Crippen molar-refractivity contribution in [2.45, 2.75) is 59.8 Å². The number of hydrazone groups is 1. The molecule has 1 N–H and O–H groups in total. The fourth-order valence-electron chi connectivity index (χ4n) is 3.06. The Hall–Kier alpha value is -2.37. The van der Waals surface area contributed by atoms with Gasteiger partial charge in [0.2, 0.25) is 11.7 Å². The van der Waals surface area contributed by atoms with Gasteiger partial charge in [-0.2, -0.15) is 0 Å². The quantitative estimate of drug-likeness (QED) is 0.344. The summed E-state index contributed by atoms with van der Waals surface area (Å²) in [5.74, 6) is -1.11. The number of esters is 1. The largest absolute Gasteiger partial charge is 0.460 e. The topological polar surface area (TPSA) is 71.0 Å². The van der Waals surface area contributed by atoms with Crippen LogP contribution >= 0.6 is 0 Å². The fraction of sp³-hybridized carbons (Fsp3) is 0.571. The summed E-state index contributed by atoms with van der Waals surface area (Å²) in [6.07, 6.45) is 2.70. The lowest BCUT2D eigenvalue weighted by atomic mass is 9.86. The molecule has 1 aromatic carbocycles. The minimum atomic E-state index is -0.564. The summed E-state index contributed by atoms with van der Waals surface area (Å²) in [5.41, 5.74) is 7.27. The Bertz CT molecular complexity index is 671. The molecule has 1 rings (SSSR count). The van der Waals surface area contributed by atoms with E-state index < -0.39 is 5.97 Å². The molecule has 0 aliphatic carbocycles. The highest BCUT2D eigenvalue weighted by atomic mass is 16.5. The number of nitrogens with zero attached hydrogens (tertiary/aromatic N) is 2. The van der Waals surface area contributed by atoms with Crippen LogP contribution in [-0.2, 0) is 33.6 Å². The van der Waals surface area contributed by atoms with Crippen LogP contribution in [0.5, 0.6) is 0 Å². The van der Waals surface area contributed by atoms with Crippen LogP contribution in [0.2, 0.25) is 0 Å². The Kier molecular flexibility index (Phi) is 8.98. The molecule has 1 aromatic rings. The number of carbonyl (C=O) groups is 2. The molecule has 0 saturated carbocycles. The van der Waals surface area contributed by atoms with Gasteiger partial charge in [-0.15, -0.1) is 5.10 Å². The summed E-state index contributed by atoms with van der Waals surface area (Å²) in [6, 6.07) is 4.37. The average molecular weight is 376 g/mol. The molecule has 1 unspecified atom stereocenters. The predicted molar refractivity (Wildman–Crippen MR) is 109 cm³/mol. The smallest absolute Gasteiger partial charge is 0.375 e. The highest BCUT2D eigenvalue weighted by Gasteiger charge is 2.22. The maximum atomic E-state index is 12.8. The van der Waals surface area contributed by atoms with E-state index in [4.69, 9.17) is 4.74 Å². The molecule has 0 saturated heterocycles. The summed E-state index contributed by atoms with van der Waals surface area (Å²) >= 11 is 0. The van der Waals surface area contributed by atoms with Gasteiger partial charge in [0.25, 0.3) is 0 Å². The molecule has 0 aliphatic rings. The Balaban J connectivity index is 3.15. The first-order chi connectivity index (χ1) is 12.8. The molecule has 1 amide bonds. The van der Waals surface area contributed by atoms with E-state index in [1.165, 1.54) is 21.6 Å². The van der Waals surface area contributed by atoms with Crippen LogP contribution in [0.25, 0.3) is 0 Å². The van der Waals surface area contributed by atoms with E-state index in [2.05, 4.69) is 43.4 Å². The van der Waals surface area contributed by atoms with Crippen LogP contribution in [0.1, 0.15) is 62.8 Å². The lowest BCUT2D eigenvalue weighted by molar-refractivity contribution is -0.135. The summed E-state index contributed by atoms with van der Waals surface area (Å²) < 4.78 is 4.98. The third kappa shape index (κ3) is 5.81. The van der Waals surface area contributed by atoms with Crippen LogP contribution in [-0.4, -0.2) is 43.3 Å². The van der Waals surface area contributed by atoms with Crippen molar-refractivity contribution in [2.75, 3.05) is 20.7 Å². The Morgan fingerprint density at radius 1 is 1.07 bits per heavy atom. The third-order valence-electron chi connectivity index (χ3n) is 4.56. The van der Waals surface area contributed by atoms with Crippen molar-refractivity contribution in [3.8, 4) is 0 Å². The number of carbonyl (C=O) groups excluding carboxylic acids is 2. The molecular formula is C21H33N3O3. The number of aryl methyl sites for hydroxylation is 3. The van der Waals surface area contributed by atoms with Crippen LogP contribution < -0.4 is 5.43 Å². The Morgan fingerprint density at radius 3 is 2.04 bits per heavy atom. The Labute approximate surface area is 163 Å². The highest BCUT2D eigenvalue weighted by molar-refractivity contribution is 6.35. The molecule has 0 spiro atoms. The van der Waals surface area contributed by atoms with Crippen molar-refractivity contribution >= 4 is 17.7 Å². The number of ether oxygens (including phenoxy) is 1. The molecule has 0 aromatic heterocycles. The standard InChI is InChI=1S/C21H33N3O3/c1-8-15-12-16(9-2)18(17(10-3)13-15)14(5)20(25)23-22-19(24(6)7)21(26)27-11-4/h12-14H,8-11H2,1-7H3,(H,23,25)/b22-19+. The monoisotopic (exact) mass is 375 g/mol. The molecule has 0 aliphatic heterocycles. The maximum absolute atomic E-state index is 12.8. The van der Waals surface area contributed by atoms with Crippen molar-refractivity contribution in [1.29, 1.82) is 0 Å². The highest BCUT2D eigenvalue weighted by Crippen LogP contribution is 2.27. The summed E-state index contributed by atoms with van der Waals surface area (Å²) in [6.45, 7) is 10.2. The van der Waals surface area contributed by atoms with Crippen molar-refractivity contribution in [1.82, 2.24) is 10.3 Å². The number of nitrogens with one attached hydrogen (secondary N) is 1. The zero-order valence-electron chi connectivity index (χ0n) is 17.7. The maximum Gasteiger partial charge on any atom is 0.375 e. The number of benzene rings is 1. The molecule has 1 atom stereocenters. The van der Waals surface area contributed by atoms with Crippen molar-refractivity contribution in [2.24, 2.45) is 5.10 Å². The van der Waals surface area contributed by atoms with Crippen molar-refractivity contribution < 1.29 is 14.3 Å². The van der Waals surface area contributed by atoms with Gasteiger partial charge in [0, 0.05) is 14.1 Å². The van der Waals surface area contributed by atoms with E-state index in [0.717, 1.165) is 24.8 Å². The van der Waals surface area contributed by atoms with E-state index in [0.29, 0.717) is 0 Å². The van der Waals surface area contributed by atoms with Crippen molar-refractivity contribution in [3.05, 3.63) is 34.4 Å². The molecule has 6 heteroatoms. The average Bonchev–Trinajstić information content (AvgIpc) is 2.65. The second-order valence-electron chi connectivity index (χ2n) is 6.64. The van der Waals surface area contributed by atoms with Crippen LogP contribution in [0.15, 0.2) is 17.2 Å². The summed E-state index contributed by atoms with van der Waals surface area (Å²) in [4.78, 5) is 26.2. The van der Waals surface area contributed by atoms with Gasteiger partial charge in [-0.25, -0.2) is 10.2 Å². The molecule has 27 heavy (non-hydrogen) atoms. The van der Waals surface area contributed by atoms with E-state index in [1.807, 2.05) is 6.92 Å². The van der Waals surface area contributed by atoms with Gasteiger partial charge in [-0.1, -0.05) is 32.9 Å². The zero-order chi connectivity index (χ0) is 20.6. The van der Waals surface area contributed by atoms with E-state index in [1.54, 1.807) is 21.0 Å². The molecule has 0 fully saturated rings. The molecule has 0 radical (unpaired) electrons. The summed E-state index contributed by atoms with van der Waals surface area (Å²) in [7, 11) is 3.36.